The number of aromatic nitrogens is 1. The number of aliphatic hydroxyl groups excluding tert-OH is 1. The van der Waals surface area contributed by atoms with Gasteiger partial charge in [-0.25, -0.2) is 18.4 Å². The van der Waals surface area contributed by atoms with Crippen molar-refractivity contribution >= 4 is 53.2 Å². The van der Waals surface area contributed by atoms with Crippen LogP contribution in [-0.4, -0.2) is 129 Å². The van der Waals surface area contributed by atoms with Crippen LogP contribution in [0, 0.1) is 28.9 Å². The first-order valence-corrected chi connectivity index (χ1v) is 26.5. The Morgan fingerprint density at radius 3 is 2.10 bits per heavy atom. The minimum atomic E-state index is -1.38. The first kappa shape index (κ1) is 63.2. The van der Waals surface area contributed by atoms with E-state index in [4.69, 9.17) is 11.5 Å². The largest absolute Gasteiger partial charge is 0.480 e. The lowest BCUT2D eigenvalue weighted by molar-refractivity contribution is -0.143. The molecule has 22 heteroatoms. The Morgan fingerprint density at radius 1 is 0.795 bits per heavy atom. The van der Waals surface area contributed by atoms with Crippen LogP contribution in [0.3, 0.4) is 0 Å². The number of hydrogen-bond donors (Lipinski definition) is 8. The minimum Gasteiger partial charge on any atom is -0.480 e. The minimum absolute atomic E-state index is 0.0213. The Kier molecular flexibility index (Phi) is 24.8. The Balaban J connectivity index is 1.35. The number of aliphatic carboxylic acids is 1. The van der Waals surface area contributed by atoms with Gasteiger partial charge in [-0.15, -0.1) is 0 Å². The molecular formula is C56H77F2N9O11. The molecule has 0 unspecified atom stereocenters. The number of hydrogen-bond acceptors (Lipinski definition) is 11. The van der Waals surface area contributed by atoms with Gasteiger partial charge in [0.05, 0.1) is 18.1 Å². The highest BCUT2D eigenvalue weighted by molar-refractivity contribution is 6.12. The summed E-state index contributed by atoms with van der Waals surface area (Å²) in [5.41, 5.74) is 12.7. The van der Waals surface area contributed by atoms with Crippen molar-refractivity contribution in [3.05, 3.63) is 95.8 Å². The zero-order valence-corrected chi connectivity index (χ0v) is 45.2. The average Bonchev–Trinajstić information content (AvgIpc) is 3.95. The number of unbranched alkanes of at least 4 members (excludes halogenated alkanes) is 3. The van der Waals surface area contributed by atoms with Crippen molar-refractivity contribution in [3.63, 3.8) is 0 Å². The maximum Gasteiger partial charge on any atom is 0.326 e. The number of carbonyl (C=O) groups excluding carboxylic acids is 8. The quantitative estimate of drug-likeness (QED) is 0.0306. The van der Waals surface area contributed by atoms with Gasteiger partial charge in [0.25, 0.3) is 11.8 Å². The molecule has 5 atom stereocenters. The summed E-state index contributed by atoms with van der Waals surface area (Å²) < 4.78 is 31.5. The molecule has 0 spiro atoms. The van der Waals surface area contributed by atoms with Crippen LogP contribution in [0.2, 0.25) is 0 Å². The molecule has 0 radical (unpaired) electrons. The highest BCUT2D eigenvalue weighted by Crippen LogP contribution is 2.41. The standard InChI is InChI=1S/C56H77F2N9O11/c1-35(2)50(64-46(70)19-10-7-13-27-66-47(71)22-23-48(66)72)45(69)30-37(17-14-26-62-55(60)78)52(74)63-43(54(76)77)18-11-12-25-61-53(75)42(59)24-28-67(49(73)34-68)51(56(3,4)5)44-29-38(40-31-39(57)20-21-41(40)58)33-65(44)32-36-15-8-6-9-16-36/h6,8-9,15-16,20-23,29,31,33,35,37,42-43,50-51,68H,7,10-14,17-19,24-28,30,32,34,59H2,1-5H3,(H,61,75)(H,63,74)(H,64,70)(H,76,77)(H3,60,62,78)/t37-,42+,43+,50+,51+/m1/s1. The highest BCUT2D eigenvalue weighted by Gasteiger charge is 2.38. The number of benzene rings is 2. The zero-order chi connectivity index (χ0) is 57.7. The molecule has 1 aromatic heterocycles. The van der Waals surface area contributed by atoms with Gasteiger partial charge in [-0.1, -0.05) is 71.4 Å². The first-order valence-electron chi connectivity index (χ1n) is 26.5. The SMILES string of the molecule is CC(C)[C@H](NC(=O)CCCCCN1C(=O)C=CC1=O)C(=O)C[C@@H](CCCNC(N)=O)C(=O)N[C@@H](CCCCNC(=O)[C@@H](N)CCN(C(=O)CO)[C@@H](c1cc(-c2cc(F)ccc2F)cn1Cc1ccccc1)C(C)(C)C)C(=O)O. The Morgan fingerprint density at radius 2 is 1.47 bits per heavy atom. The van der Waals surface area contributed by atoms with E-state index in [2.05, 4.69) is 21.3 Å². The van der Waals surface area contributed by atoms with Crippen molar-refractivity contribution in [2.75, 3.05) is 32.8 Å². The molecule has 0 saturated carbocycles. The average molecular weight is 1090 g/mol. The van der Waals surface area contributed by atoms with Crippen molar-refractivity contribution in [2.45, 2.75) is 136 Å². The normalized spacial score (nSPS) is 14.4. The lowest BCUT2D eigenvalue weighted by Crippen LogP contribution is -2.48. The number of nitrogens with two attached hydrogens (primary N) is 2. The predicted octanol–water partition coefficient (Wildman–Crippen LogP) is 4.61. The fourth-order valence-corrected chi connectivity index (χ4v) is 9.38. The van der Waals surface area contributed by atoms with Gasteiger partial charge < -0.3 is 52.4 Å². The van der Waals surface area contributed by atoms with E-state index in [1.54, 1.807) is 26.1 Å². The summed E-state index contributed by atoms with van der Waals surface area (Å²) >= 11 is 0. The topological polar surface area (TPSA) is 306 Å². The van der Waals surface area contributed by atoms with Gasteiger partial charge in [0, 0.05) is 86.7 Å². The number of ketones is 1. The molecule has 20 nitrogen and oxygen atoms in total. The van der Waals surface area contributed by atoms with E-state index in [0.29, 0.717) is 37.1 Å². The van der Waals surface area contributed by atoms with Gasteiger partial charge in [0.2, 0.25) is 23.6 Å². The molecule has 2 aromatic carbocycles. The summed E-state index contributed by atoms with van der Waals surface area (Å²) in [5, 5.41) is 30.8. The molecule has 0 bridgehead atoms. The number of aliphatic hydroxyl groups is 1. The number of halogens is 2. The maximum absolute atomic E-state index is 15.2. The smallest absolute Gasteiger partial charge is 0.326 e. The van der Waals surface area contributed by atoms with Crippen LogP contribution in [0.5, 0.6) is 0 Å². The summed E-state index contributed by atoms with van der Waals surface area (Å²) in [4.78, 5) is 117. The van der Waals surface area contributed by atoms with Gasteiger partial charge in [-0.2, -0.15) is 0 Å². The second-order valence-electron chi connectivity index (χ2n) is 21.0. The van der Waals surface area contributed by atoms with Crippen LogP contribution in [0.25, 0.3) is 11.1 Å². The molecule has 426 valence electrons. The van der Waals surface area contributed by atoms with Gasteiger partial charge in [0.15, 0.2) is 5.78 Å². The van der Waals surface area contributed by atoms with E-state index in [0.717, 1.165) is 28.7 Å². The number of Topliss-reactive ketones (excluding diaryl/α,β-unsaturated/α-hetero) is 1. The molecule has 0 fully saturated rings. The van der Waals surface area contributed by atoms with Crippen LogP contribution in [0.1, 0.15) is 123 Å². The second kappa shape index (κ2) is 30.6. The molecule has 1 aliphatic heterocycles. The molecule has 3 aromatic rings. The molecule has 0 aliphatic carbocycles. The van der Waals surface area contributed by atoms with Crippen LogP contribution in [0.4, 0.5) is 13.6 Å². The number of rotatable bonds is 33. The summed E-state index contributed by atoms with van der Waals surface area (Å²) in [5.74, 6) is -7.59. The summed E-state index contributed by atoms with van der Waals surface area (Å²) in [6.45, 7) is 8.88. The number of carboxylic acid groups (broad SMARTS) is 1. The van der Waals surface area contributed by atoms with Crippen LogP contribution < -0.4 is 32.7 Å². The molecule has 4 rings (SSSR count). The van der Waals surface area contributed by atoms with E-state index >= 15 is 4.39 Å². The Bertz CT molecular complexity index is 2580. The monoisotopic (exact) mass is 1090 g/mol. The third-order valence-corrected chi connectivity index (χ3v) is 13.4. The number of primary amides is 1. The first-order chi connectivity index (χ1) is 36.9. The predicted molar refractivity (Wildman–Crippen MR) is 286 cm³/mol. The van der Waals surface area contributed by atoms with Crippen molar-refractivity contribution in [3.8, 4) is 11.1 Å². The third-order valence-electron chi connectivity index (χ3n) is 13.4. The van der Waals surface area contributed by atoms with Gasteiger partial charge in [-0.3, -0.25) is 38.5 Å². The van der Waals surface area contributed by atoms with E-state index in [9.17, 15) is 57.8 Å². The van der Waals surface area contributed by atoms with E-state index in [1.165, 1.54) is 17.1 Å². The number of carbonyl (C=O) groups is 9. The van der Waals surface area contributed by atoms with Crippen molar-refractivity contribution in [2.24, 2.45) is 28.7 Å². The Labute approximate surface area is 454 Å². The van der Waals surface area contributed by atoms with Crippen LogP contribution in [0.15, 0.2) is 72.9 Å². The third kappa shape index (κ3) is 19.6. The molecule has 0 saturated heterocycles. The molecule has 1 aliphatic rings. The fourth-order valence-electron chi connectivity index (χ4n) is 9.38. The van der Waals surface area contributed by atoms with Crippen molar-refractivity contribution < 1.29 is 62.1 Å². The van der Waals surface area contributed by atoms with Gasteiger partial charge in [-0.05, 0) is 92.5 Å². The van der Waals surface area contributed by atoms with Gasteiger partial charge in [0.1, 0.15) is 24.3 Å². The zero-order valence-electron chi connectivity index (χ0n) is 45.2. The second-order valence-corrected chi connectivity index (χ2v) is 21.0. The summed E-state index contributed by atoms with van der Waals surface area (Å²) in [6, 6.07) is 9.24. The number of imide groups is 1. The van der Waals surface area contributed by atoms with Crippen molar-refractivity contribution in [1.29, 1.82) is 0 Å². The number of nitrogens with one attached hydrogen (secondary N) is 4. The number of carboxylic acids is 1. The van der Waals surface area contributed by atoms with Crippen molar-refractivity contribution in [1.82, 2.24) is 35.6 Å². The highest BCUT2D eigenvalue weighted by atomic mass is 19.1. The summed E-state index contributed by atoms with van der Waals surface area (Å²) in [6.07, 6.45) is 5.96. The molecule has 2 heterocycles. The van der Waals surface area contributed by atoms with Crippen LogP contribution in [-0.2, 0) is 44.9 Å². The molecule has 78 heavy (non-hydrogen) atoms. The van der Waals surface area contributed by atoms with Crippen LogP contribution >= 0.6 is 0 Å². The van der Waals surface area contributed by atoms with E-state index < -0.39 is 95.2 Å². The lowest BCUT2D eigenvalue weighted by Gasteiger charge is -2.41. The fraction of sp³-hybridized carbons (Fsp3) is 0.518. The molecule has 8 amide bonds. The number of nitrogens with zero attached hydrogens (tertiary/aromatic N) is 3. The molecule has 10 N–H and O–H groups in total. The number of amides is 8. The van der Waals surface area contributed by atoms with E-state index in [-0.39, 0.29) is 101 Å². The van der Waals surface area contributed by atoms with Gasteiger partial charge >= 0.3 is 12.0 Å². The lowest BCUT2D eigenvalue weighted by atomic mass is 9.82. The summed E-state index contributed by atoms with van der Waals surface area (Å²) in [7, 11) is 0. The molecular weight excluding hydrogens is 1010 g/mol. The maximum atomic E-state index is 15.2. The van der Waals surface area contributed by atoms with E-state index in [1.807, 2.05) is 55.7 Å². The Hall–Kier alpha value is -7.33. The number of urea groups is 1.